The van der Waals surface area contributed by atoms with Crippen LogP contribution in [-0.2, 0) is 6.54 Å². The molecule has 1 aromatic carbocycles. The first-order valence-electron chi connectivity index (χ1n) is 6.52. The Labute approximate surface area is 113 Å². The monoisotopic (exact) mass is 261 g/mol. The fourth-order valence-electron chi connectivity index (χ4n) is 2.02. The van der Waals surface area contributed by atoms with Gasteiger partial charge in [-0.05, 0) is 37.5 Å². The smallest absolute Gasteiger partial charge is 0.207 e. The van der Waals surface area contributed by atoms with E-state index in [-0.39, 0.29) is 5.82 Å². The van der Waals surface area contributed by atoms with Crippen LogP contribution in [0.25, 0.3) is 0 Å². The fourth-order valence-corrected chi connectivity index (χ4v) is 2.02. The van der Waals surface area contributed by atoms with Gasteiger partial charge in [0, 0.05) is 12.7 Å². The van der Waals surface area contributed by atoms with Crippen LogP contribution in [0.3, 0.4) is 0 Å². The van der Waals surface area contributed by atoms with E-state index in [4.69, 9.17) is 0 Å². The molecule has 4 heteroatoms. The Hall–Kier alpha value is -1.84. The zero-order valence-electron chi connectivity index (χ0n) is 11.9. The van der Waals surface area contributed by atoms with Crippen LogP contribution >= 0.6 is 0 Å². The summed E-state index contributed by atoms with van der Waals surface area (Å²) < 4.78 is 15.9. The molecule has 0 amide bonds. The van der Waals surface area contributed by atoms with E-state index in [0.717, 1.165) is 17.8 Å². The Morgan fingerprint density at radius 2 is 2.05 bits per heavy atom. The summed E-state index contributed by atoms with van der Waals surface area (Å²) in [5.41, 5.74) is 2.29. The maximum atomic E-state index is 13.8. The van der Waals surface area contributed by atoms with Crippen LogP contribution in [0.5, 0.6) is 0 Å². The third kappa shape index (κ3) is 3.34. The molecule has 0 saturated heterocycles. The van der Waals surface area contributed by atoms with Gasteiger partial charge in [0.15, 0.2) is 0 Å². The Morgan fingerprint density at radius 1 is 1.32 bits per heavy atom. The molecule has 0 unspecified atom stereocenters. The van der Waals surface area contributed by atoms with E-state index in [1.54, 1.807) is 6.07 Å². The molecule has 1 heterocycles. The summed E-state index contributed by atoms with van der Waals surface area (Å²) in [4.78, 5) is 4.41. The van der Waals surface area contributed by atoms with E-state index in [0.29, 0.717) is 17.6 Å². The van der Waals surface area contributed by atoms with Gasteiger partial charge in [0.1, 0.15) is 5.82 Å². The van der Waals surface area contributed by atoms with Gasteiger partial charge in [0.25, 0.3) is 0 Å². The Kier molecular flexibility index (Phi) is 3.88. The van der Waals surface area contributed by atoms with E-state index >= 15 is 0 Å². The predicted molar refractivity (Wildman–Crippen MR) is 76.2 cm³/mol. The number of anilines is 2. The molecule has 0 fully saturated rings. The molecule has 0 aliphatic rings. The summed E-state index contributed by atoms with van der Waals surface area (Å²) in [5.74, 6) is 0.947. The highest BCUT2D eigenvalue weighted by Crippen LogP contribution is 2.21. The zero-order chi connectivity index (χ0) is 14.0. The minimum Gasteiger partial charge on any atom is -0.323 e. The first-order chi connectivity index (χ1) is 8.95. The summed E-state index contributed by atoms with van der Waals surface area (Å²) in [5, 5.41) is 3.07. The lowest BCUT2D eigenvalue weighted by Gasteiger charge is -2.12. The van der Waals surface area contributed by atoms with E-state index < -0.39 is 0 Å². The maximum Gasteiger partial charge on any atom is 0.207 e. The van der Waals surface area contributed by atoms with Crippen molar-refractivity contribution in [3.63, 3.8) is 0 Å². The normalized spacial score (nSPS) is 11.1. The average Bonchev–Trinajstić information content (AvgIpc) is 2.62. The minimum atomic E-state index is -0.253. The second kappa shape index (κ2) is 5.43. The number of hydrogen-bond donors (Lipinski definition) is 1. The Morgan fingerprint density at radius 3 is 2.68 bits per heavy atom. The highest BCUT2D eigenvalue weighted by atomic mass is 19.1. The van der Waals surface area contributed by atoms with Gasteiger partial charge in [0.2, 0.25) is 5.95 Å². The third-order valence-electron chi connectivity index (χ3n) is 2.83. The number of benzene rings is 1. The number of aromatic nitrogens is 2. The van der Waals surface area contributed by atoms with Gasteiger partial charge in [-0.15, -0.1) is 0 Å². The standard InChI is InChI=1S/C15H20FN3/c1-10(2)8-19-9-12(4)17-15(19)18-14-6-5-11(3)7-13(14)16/h5-7,9-10H,8H2,1-4H3,(H,17,18). The molecule has 0 saturated carbocycles. The minimum absolute atomic E-state index is 0.253. The fraction of sp³-hybridized carbons (Fsp3) is 0.400. The van der Waals surface area contributed by atoms with Crippen LogP contribution in [0.15, 0.2) is 24.4 Å². The molecule has 0 radical (unpaired) electrons. The van der Waals surface area contributed by atoms with Crippen molar-refractivity contribution in [3.8, 4) is 0 Å². The summed E-state index contributed by atoms with van der Waals surface area (Å²) in [7, 11) is 0. The number of nitrogens with one attached hydrogen (secondary N) is 1. The number of hydrogen-bond acceptors (Lipinski definition) is 2. The maximum absolute atomic E-state index is 13.8. The molecular weight excluding hydrogens is 241 g/mol. The third-order valence-corrected chi connectivity index (χ3v) is 2.83. The van der Waals surface area contributed by atoms with Crippen LogP contribution in [0.1, 0.15) is 25.1 Å². The summed E-state index contributed by atoms with van der Waals surface area (Å²) in [6.07, 6.45) is 1.98. The molecule has 0 aliphatic carbocycles. The first-order valence-corrected chi connectivity index (χ1v) is 6.52. The second-order valence-corrected chi connectivity index (χ2v) is 5.36. The molecular formula is C15H20FN3. The molecule has 102 valence electrons. The van der Waals surface area contributed by atoms with Crippen molar-refractivity contribution in [2.75, 3.05) is 5.32 Å². The van der Waals surface area contributed by atoms with Crippen LogP contribution in [0.2, 0.25) is 0 Å². The van der Waals surface area contributed by atoms with E-state index in [1.807, 2.05) is 30.7 Å². The van der Waals surface area contributed by atoms with Crippen LogP contribution in [0.4, 0.5) is 16.0 Å². The van der Waals surface area contributed by atoms with Crippen LogP contribution in [0, 0.1) is 25.6 Å². The first kappa shape index (κ1) is 13.6. The molecule has 2 rings (SSSR count). The largest absolute Gasteiger partial charge is 0.323 e. The molecule has 0 aliphatic heterocycles. The molecule has 0 atom stereocenters. The topological polar surface area (TPSA) is 29.9 Å². The molecule has 0 bridgehead atoms. The van der Waals surface area contributed by atoms with Crippen molar-refractivity contribution in [3.05, 3.63) is 41.5 Å². The predicted octanol–water partition coefficient (Wildman–Crippen LogP) is 4.04. The number of imidazole rings is 1. The number of halogens is 1. The molecule has 19 heavy (non-hydrogen) atoms. The summed E-state index contributed by atoms with van der Waals surface area (Å²) in [6, 6.07) is 5.15. The van der Waals surface area contributed by atoms with E-state index in [2.05, 4.69) is 24.1 Å². The Balaban J connectivity index is 2.27. The highest BCUT2D eigenvalue weighted by molar-refractivity contribution is 5.55. The van der Waals surface area contributed by atoms with Crippen molar-refractivity contribution in [1.29, 1.82) is 0 Å². The van der Waals surface area contributed by atoms with Gasteiger partial charge >= 0.3 is 0 Å². The number of nitrogens with zero attached hydrogens (tertiary/aromatic N) is 2. The van der Waals surface area contributed by atoms with Gasteiger partial charge in [-0.3, -0.25) is 0 Å². The van der Waals surface area contributed by atoms with Crippen molar-refractivity contribution in [2.45, 2.75) is 34.2 Å². The van der Waals surface area contributed by atoms with Gasteiger partial charge in [-0.2, -0.15) is 0 Å². The quantitative estimate of drug-likeness (QED) is 0.900. The van der Waals surface area contributed by atoms with Crippen LogP contribution < -0.4 is 5.32 Å². The van der Waals surface area contributed by atoms with Crippen molar-refractivity contribution in [1.82, 2.24) is 9.55 Å². The highest BCUT2D eigenvalue weighted by Gasteiger charge is 2.10. The molecule has 3 nitrogen and oxygen atoms in total. The van der Waals surface area contributed by atoms with E-state index in [9.17, 15) is 4.39 Å². The van der Waals surface area contributed by atoms with Gasteiger partial charge in [-0.25, -0.2) is 9.37 Å². The lowest BCUT2D eigenvalue weighted by Crippen LogP contribution is -2.08. The van der Waals surface area contributed by atoms with E-state index in [1.165, 1.54) is 6.07 Å². The lowest BCUT2D eigenvalue weighted by atomic mass is 10.2. The van der Waals surface area contributed by atoms with Crippen molar-refractivity contribution < 1.29 is 4.39 Å². The van der Waals surface area contributed by atoms with Gasteiger partial charge < -0.3 is 9.88 Å². The molecule has 0 spiro atoms. The number of aryl methyl sites for hydroxylation is 2. The second-order valence-electron chi connectivity index (χ2n) is 5.36. The zero-order valence-corrected chi connectivity index (χ0v) is 11.9. The molecule has 1 N–H and O–H groups in total. The van der Waals surface area contributed by atoms with Gasteiger partial charge in [-0.1, -0.05) is 19.9 Å². The molecule has 1 aromatic heterocycles. The SMILES string of the molecule is Cc1ccc(Nc2nc(C)cn2CC(C)C)c(F)c1. The summed E-state index contributed by atoms with van der Waals surface area (Å²) >= 11 is 0. The molecule has 2 aromatic rings. The van der Waals surface area contributed by atoms with Gasteiger partial charge in [0.05, 0.1) is 11.4 Å². The summed E-state index contributed by atoms with van der Waals surface area (Å²) in [6.45, 7) is 8.96. The van der Waals surface area contributed by atoms with Crippen molar-refractivity contribution >= 4 is 11.6 Å². The lowest BCUT2D eigenvalue weighted by molar-refractivity contribution is 0.527. The van der Waals surface area contributed by atoms with Crippen molar-refractivity contribution in [2.24, 2.45) is 5.92 Å². The number of rotatable bonds is 4. The average molecular weight is 261 g/mol. The van der Waals surface area contributed by atoms with Crippen LogP contribution in [-0.4, -0.2) is 9.55 Å². The Bertz CT molecular complexity index is 573.